The van der Waals surface area contributed by atoms with E-state index in [1.165, 1.54) is 0 Å². The number of alkyl halides is 2. The van der Waals surface area contributed by atoms with Gasteiger partial charge < -0.3 is 10.6 Å². The Bertz CT molecular complexity index is 962. The fraction of sp³-hybridized carbons (Fsp3) is 0.524. The summed E-state index contributed by atoms with van der Waals surface area (Å²) < 4.78 is 28.3. The minimum Gasteiger partial charge on any atom is -0.381 e. The normalized spacial score (nSPS) is 19.3. The molecule has 0 radical (unpaired) electrons. The van der Waals surface area contributed by atoms with Crippen molar-refractivity contribution in [3.63, 3.8) is 0 Å². The Morgan fingerprint density at radius 1 is 1.16 bits per heavy atom. The van der Waals surface area contributed by atoms with Crippen LogP contribution in [0.1, 0.15) is 51.1 Å². The number of rotatable bonds is 8. The largest absolute Gasteiger partial charge is 0.381 e. The van der Waals surface area contributed by atoms with Crippen LogP contribution in [0.25, 0.3) is 11.5 Å². The van der Waals surface area contributed by atoms with Gasteiger partial charge in [0.05, 0.1) is 30.3 Å². The number of hydrogen-bond donors (Lipinski definition) is 2. The van der Waals surface area contributed by atoms with E-state index in [4.69, 9.17) is 0 Å². The lowest BCUT2D eigenvalue weighted by Gasteiger charge is -2.28. The van der Waals surface area contributed by atoms with Gasteiger partial charge in [0.25, 0.3) is 6.43 Å². The highest BCUT2D eigenvalue weighted by molar-refractivity contribution is 5.62. The Morgan fingerprint density at radius 2 is 1.97 bits per heavy atom. The summed E-state index contributed by atoms with van der Waals surface area (Å²) in [6, 6.07) is 4.18. The Balaban J connectivity index is 1.49. The van der Waals surface area contributed by atoms with Gasteiger partial charge in [0.15, 0.2) is 5.82 Å². The van der Waals surface area contributed by atoms with Crippen LogP contribution < -0.4 is 10.6 Å². The molecular weight excluding hydrogens is 402 g/mol. The molecular formula is C21H28F2N8. The molecule has 3 aromatic heterocycles. The van der Waals surface area contributed by atoms with Gasteiger partial charge in [-0.15, -0.1) is 5.10 Å². The van der Waals surface area contributed by atoms with Crippen LogP contribution in [0.15, 0.2) is 36.9 Å². The van der Waals surface area contributed by atoms with E-state index in [1.54, 1.807) is 21.8 Å². The molecule has 8 nitrogen and oxygen atoms in total. The summed E-state index contributed by atoms with van der Waals surface area (Å²) in [5.74, 6) is 1.00. The van der Waals surface area contributed by atoms with Gasteiger partial charge in [0.1, 0.15) is 5.69 Å². The molecule has 1 saturated carbocycles. The fourth-order valence-electron chi connectivity index (χ4n) is 4.01. The number of halogens is 2. The standard InChI is InChI=1S/C21H28F2N8/c1-14(2)27-17-10-21(30-9-3-8-26-30)25-11-19(17)31-13-18(28-29-31)15-4-6-16(7-5-15)24-12-20(22)23/h3,8-11,13-16,20,24H,4-7,12H2,1-2H3,(H,25,27). The smallest absolute Gasteiger partial charge is 0.250 e. The predicted octanol–water partition coefficient (Wildman–Crippen LogP) is 3.55. The maximum Gasteiger partial charge on any atom is 0.250 e. The average Bonchev–Trinajstić information content (AvgIpc) is 3.45. The number of nitrogens with zero attached hydrogens (tertiary/aromatic N) is 6. The molecule has 1 aliphatic carbocycles. The van der Waals surface area contributed by atoms with E-state index in [0.29, 0.717) is 5.82 Å². The Morgan fingerprint density at radius 3 is 2.65 bits per heavy atom. The van der Waals surface area contributed by atoms with E-state index in [-0.39, 0.29) is 24.5 Å². The highest BCUT2D eigenvalue weighted by Gasteiger charge is 2.25. The van der Waals surface area contributed by atoms with Crippen LogP contribution in [0.3, 0.4) is 0 Å². The molecule has 0 atom stereocenters. The van der Waals surface area contributed by atoms with Crippen molar-refractivity contribution in [2.75, 3.05) is 11.9 Å². The van der Waals surface area contributed by atoms with Gasteiger partial charge in [-0.25, -0.2) is 23.1 Å². The molecule has 0 bridgehead atoms. The second-order valence-corrected chi connectivity index (χ2v) is 8.25. The third kappa shape index (κ3) is 5.25. The van der Waals surface area contributed by atoms with Gasteiger partial charge >= 0.3 is 0 Å². The quantitative estimate of drug-likeness (QED) is 0.569. The van der Waals surface area contributed by atoms with Gasteiger partial charge in [-0.1, -0.05) is 5.21 Å². The molecule has 1 fully saturated rings. The van der Waals surface area contributed by atoms with Gasteiger partial charge in [0, 0.05) is 36.5 Å². The zero-order valence-corrected chi connectivity index (χ0v) is 17.7. The number of hydrogen-bond acceptors (Lipinski definition) is 6. The Hall–Kier alpha value is -2.88. The molecule has 0 amide bonds. The van der Waals surface area contributed by atoms with Crippen LogP contribution in [0, 0.1) is 0 Å². The summed E-state index contributed by atoms with van der Waals surface area (Å²) >= 11 is 0. The van der Waals surface area contributed by atoms with Crippen LogP contribution in [0.2, 0.25) is 0 Å². The van der Waals surface area contributed by atoms with Crippen LogP contribution in [0.4, 0.5) is 14.5 Å². The summed E-state index contributed by atoms with van der Waals surface area (Å²) in [4.78, 5) is 4.53. The van der Waals surface area contributed by atoms with Crippen LogP contribution in [-0.2, 0) is 0 Å². The zero-order chi connectivity index (χ0) is 21.8. The predicted molar refractivity (Wildman–Crippen MR) is 114 cm³/mol. The molecule has 1 aliphatic rings. The van der Waals surface area contributed by atoms with Crippen molar-refractivity contribution < 1.29 is 8.78 Å². The monoisotopic (exact) mass is 430 g/mol. The summed E-state index contributed by atoms with van der Waals surface area (Å²) in [6.45, 7) is 3.91. The van der Waals surface area contributed by atoms with Crippen molar-refractivity contribution >= 4 is 5.69 Å². The van der Waals surface area contributed by atoms with Crippen molar-refractivity contribution in [2.45, 2.75) is 64.0 Å². The van der Waals surface area contributed by atoms with E-state index in [9.17, 15) is 8.78 Å². The summed E-state index contributed by atoms with van der Waals surface area (Å²) in [6.07, 6.45) is 8.53. The topological polar surface area (TPSA) is 85.5 Å². The second kappa shape index (κ2) is 9.51. The van der Waals surface area contributed by atoms with Gasteiger partial charge in [-0.2, -0.15) is 5.10 Å². The summed E-state index contributed by atoms with van der Waals surface area (Å²) in [5.41, 5.74) is 2.64. The average molecular weight is 431 g/mol. The minimum absolute atomic E-state index is 0.154. The van der Waals surface area contributed by atoms with Crippen molar-refractivity contribution in [1.29, 1.82) is 0 Å². The summed E-state index contributed by atoms with van der Waals surface area (Å²) in [7, 11) is 0. The first kappa shape index (κ1) is 21.4. The zero-order valence-electron chi connectivity index (χ0n) is 17.7. The molecule has 3 aromatic rings. The minimum atomic E-state index is -2.31. The van der Waals surface area contributed by atoms with Crippen molar-refractivity contribution in [3.8, 4) is 11.5 Å². The first-order chi connectivity index (χ1) is 15.0. The van der Waals surface area contributed by atoms with Crippen LogP contribution in [0.5, 0.6) is 0 Å². The fourth-order valence-corrected chi connectivity index (χ4v) is 4.01. The molecule has 4 rings (SSSR count). The molecule has 3 heterocycles. The van der Waals surface area contributed by atoms with Gasteiger partial charge in [-0.05, 0) is 45.6 Å². The SMILES string of the molecule is CC(C)Nc1cc(-n2cccn2)ncc1-n1cc(C2CCC(NCC(F)F)CC2)nn1. The summed E-state index contributed by atoms with van der Waals surface area (Å²) in [5, 5.41) is 19.4. The molecule has 0 saturated heterocycles. The van der Waals surface area contributed by atoms with Gasteiger partial charge in [0.2, 0.25) is 0 Å². The van der Waals surface area contributed by atoms with E-state index in [0.717, 1.165) is 42.8 Å². The molecule has 166 valence electrons. The number of nitrogens with one attached hydrogen (secondary N) is 2. The number of pyridine rings is 1. The maximum absolute atomic E-state index is 12.4. The maximum atomic E-state index is 12.4. The van der Waals surface area contributed by atoms with E-state index >= 15 is 0 Å². The highest BCUT2D eigenvalue weighted by Crippen LogP contribution is 2.32. The first-order valence-electron chi connectivity index (χ1n) is 10.7. The van der Waals surface area contributed by atoms with Crippen molar-refractivity contribution in [2.24, 2.45) is 0 Å². The molecule has 10 heteroatoms. The molecule has 2 N–H and O–H groups in total. The lowest BCUT2D eigenvalue weighted by molar-refractivity contribution is 0.137. The first-order valence-corrected chi connectivity index (χ1v) is 10.7. The van der Waals surface area contributed by atoms with Crippen molar-refractivity contribution in [1.82, 2.24) is 35.1 Å². The van der Waals surface area contributed by atoms with Gasteiger partial charge in [-0.3, -0.25) is 0 Å². The number of anilines is 1. The highest BCUT2D eigenvalue weighted by atomic mass is 19.3. The van der Waals surface area contributed by atoms with E-state index in [1.807, 2.05) is 24.5 Å². The Kier molecular flexibility index (Phi) is 6.55. The van der Waals surface area contributed by atoms with E-state index in [2.05, 4.69) is 44.9 Å². The third-order valence-electron chi connectivity index (χ3n) is 5.52. The number of aromatic nitrogens is 6. The molecule has 0 aromatic carbocycles. The lowest BCUT2D eigenvalue weighted by atomic mass is 9.84. The van der Waals surface area contributed by atoms with E-state index < -0.39 is 6.43 Å². The second-order valence-electron chi connectivity index (χ2n) is 8.25. The molecule has 0 unspecified atom stereocenters. The molecule has 0 spiro atoms. The molecule has 31 heavy (non-hydrogen) atoms. The van der Waals surface area contributed by atoms with Crippen molar-refractivity contribution in [3.05, 3.63) is 42.6 Å². The van der Waals surface area contributed by atoms with Crippen LogP contribution in [-0.4, -0.2) is 54.8 Å². The third-order valence-corrected chi connectivity index (χ3v) is 5.52. The Labute approximate surface area is 180 Å². The lowest BCUT2D eigenvalue weighted by Crippen LogP contribution is -2.35. The molecule has 0 aliphatic heterocycles. The van der Waals surface area contributed by atoms with Crippen LogP contribution >= 0.6 is 0 Å².